The second kappa shape index (κ2) is 8.39. The van der Waals surface area contributed by atoms with Gasteiger partial charge in [0.1, 0.15) is 12.2 Å². The number of nitrogens with one attached hydrogen (secondary N) is 2. The molecule has 2 aromatic heterocycles. The third-order valence-corrected chi connectivity index (χ3v) is 5.92. The van der Waals surface area contributed by atoms with Gasteiger partial charge in [-0.1, -0.05) is 24.3 Å². The molecular weight excluding hydrogens is 404 g/mol. The van der Waals surface area contributed by atoms with Crippen LogP contribution in [0.25, 0.3) is 10.6 Å². The third-order valence-electron chi connectivity index (χ3n) is 5.03. The molecule has 3 aromatic rings. The monoisotopic (exact) mass is 424 g/mol. The van der Waals surface area contributed by atoms with Crippen molar-refractivity contribution >= 4 is 29.1 Å². The van der Waals surface area contributed by atoms with Gasteiger partial charge in [-0.3, -0.25) is 5.32 Å². The van der Waals surface area contributed by atoms with Crippen LogP contribution in [0.15, 0.2) is 60.1 Å². The second-order valence-electron chi connectivity index (χ2n) is 7.02. The van der Waals surface area contributed by atoms with Crippen molar-refractivity contribution in [3.8, 4) is 10.6 Å². The van der Waals surface area contributed by atoms with Gasteiger partial charge >= 0.3 is 6.09 Å². The Kier molecular flexibility index (Phi) is 5.31. The van der Waals surface area contributed by atoms with Crippen molar-refractivity contribution in [1.82, 2.24) is 9.97 Å². The minimum absolute atomic E-state index is 0.126. The number of hydrogen-bond acceptors (Lipinski definition) is 8. The number of thiophene rings is 1. The van der Waals surface area contributed by atoms with Gasteiger partial charge in [-0.25, -0.2) is 14.8 Å². The highest BCUT2D eigenvalue weighted by Crippen LogP contribution is 2.31. The first-order valence-electron chi connectivity index (χ1n) is 9.65. The SMILES string of the molecule is O=C(Nc1ccccc1)OC1COC2C(Nc3nccc(-c4cccs4)n3)COC12. The Morgan fingerprint density at radius 2 is 1.93 bits per heavy atom. The zero-order chi connectivity index (χ0) is 20.3. The third kappa shape index (κ3) is 4.00. The van der Waals surface area contributed by atoms with E-state index in [1.807, 2.05) is 41.8 Å². The molecule has 4 unspecified atom stereocenters. The molecule has 0 spiro atoms. The lowest BCUT2D eigenvalue weighted by atomic mass is 10.1. The number of anilines is 2. The van der Waals surface area contributed by atoms with Crippen molar-refractivity contribution in [3.05, 3.63) is 60.1 Å². The molecule has 2 N–H and O–H groups in total. The largest absolute Gasteiger partial charge is 0.441 e. The summed E-state index contributed by atoms with van der Waals surface area (Å²) in [6.45, 7) is 0.702. The van der Waals surface area contributed by atoms with Gasteiger partial charge in [0, 0.05) is 11.9 Å². The van der Waals surface area contributed by atoms with Crippen LogP contribution >= 0.6 is 11.3 Å². The topological polar surface area (TPSA) is 94.6 Å². The van der Waals surface area contributed by atoms with Crippen LogP contribution in [0, 0.1) is 0 Å². The number of rotatable bonds is 5. The Morgan fingerprint density at radius 1 is 1.07 bits per heavy atom. The number of ether oxygens (including phenoxy) is 3. The van der Waals surface area contributed by atoms with E-state index in [4.69, 9.17) is 14.2 Å². The number of para-hydroxylation sites is 1. The number of aromatic nitrogens is 2. The summed E-state index contributed by atoms with van der Waals surface area (Å²) >= 11 is 1.63. The van der Waals surface area contributed by atoms with E-state index in [1.54, 1.807) is 29.7 Å². The van der Waals surface area contributed by atoms with E-state index >= 15 is 0 Å². The van der Waals surface area contributed by atoms with E-state index in [-0.39, 0.29) is 24.9 Å². The van der Waals surface area contributed by atoms with E-state index in [2.05, 4.69) is 20.6 Å². The summed E-state index contributed by atoms with van der Waals surface area (Å²) in [5.74, 6) is 0.518. The lowest BCUT2D eigenvalue weighted by Crippen LogP contribution is -2.38. The van der Waals surface area contributed by atoms with Crippen LogP contribution in [0.5, 0.6) is 0 Å². The van der Waals surface area contributed by atoms with Crippen molar-refractivity contribution in [2.45, 2.75) is 24.4 Å². The summed E-state index contributed by atoms with van der Waals surface area (Å²) in [7, 11) is 0. The van der Waals surface area contributed by atoms with Gasteiger partial charge in [0.15, 0.2) is 6.10 Å². The van der Waals surface area contributed by atoms with E-state index in [0.29, 0.717) is 18.2 Å². The van der Waals surface area contributed by atoms with Crippen molar-refractivity contribution in [1.29, 1.82) is 0 Å². The second-order valence-corrected chi connectivity index (χ2v) is 7.97. The molecule has 1 amide bonds. The molecule has 9 heteroatoms. The predicted octanol–water partition coefficient (Wildman–Crippen LogP) is 3.40. The average molecular weight is 424 g/mol. The molecule has 2 aliphatic rings. The summed E-state index contributed by atoms with van der Waals surface area (Å²) in [5.41, 5.74) is 1.54. The smallest absolute Gasteiger partial charge is 0.412 e. The van der Waals surface area contributed by atoms with Gasteiger partial charge in [-0.2, -0.15) is 0 Å². The molecule has 0 saturated carbocycles. The summed E-state index contributed by atoms with van der Waals surface area (Å²) in [5, 5.41) is 8.03. The van der Waals surface area contributed by atoms with Crippen molar-refractivity contribution < 1.29 is 19.0 Å². The van der Waals surface area contributed by atoms with Crippen LogP contribution in [-0.4, -0.2) is 53.6 Å². The Bertz CT molecular complexity index is 1000. The molecular formula is C21H20N4O4S. The maximum atomic E-state index is 12.2. The van der Waals surface area contributed by atoms with Crippen LogP contribution in [0.4, 0.5) is 16.4 Å². The van der Waals surface area contributed by atoms with Crippen LogP contribution in [0.3, 0.4) is 0 Å². The minimum atomic E-state index is -0.526. The molecule has 0 bridgehead atoms. The highest BCUT2D eigenvalue weighted by atomic mass is 32.1. The zero-order valence-electron chi connectivity index (χ0n) is 15.9. The maximum absolute atomic E-state index is 12.2. The summed E-state index contributed by atoms with van der Waals surface area (Å²) in [6.07, 6.45) is 0.164. The molecule has 4 heterocycles. The molecule has 8 nitrogen and oxygen atoms in total. The molecule has 5 rings (SSSR count). The van der Waals surface area contributed by atoms with E-state index in [1.165, 1.54) is 0 Å². The number of carbonyl (C=O) groups is 1. The van der Waals surface area contributed by atoms with Crippen molar-refractivity contribution in [2.75, 3.05) is 23.8 Å². The molecule has 0 aliphatic carbocycles. The minimum Gasteiger partial charge on any atom is -0.441 e. The molecule has 0 radical (unpaired) electrons. The fraction of sp³-hybridized carbons (Fsp3) is 0.286. The molecule has 154 valence electrons. The quantitative estimate of drug-likeness (QED) is 0.648. The molecule has 1 aromatic carbocycles. The molecule has 2 fully saturated rings. The maximum Gasteiger partial charge on any atom is 0.412 e. The normalized spacial score (nSPS) is 24.9. The lowest BCUT2D eigenvalue weighted by molar-refractivity contribution is 0.00917. The van der Waals surface area contributed by atoms with Crippen LogP contribution < -0.4 is 10.6 Å². The Morgan fingerprint density at radius 3 is 2.77 bits per heavy atom. The fourth-order valence-corrected chi connectivity index (χ4v) is 4.35. The van der Waals surface area contributed by atoms with Gasteiger partial charge in [0.05, 0.1) is 29.8 Å². The van der Waals surface area contributed by atoms with E-state index in [0.717, 1.165) is 10.6 Å². The fourth-order valence-electron chi connectivity index (χ4n) is 3.65. The van der Waals surface area contributed by atoms with Gasteiger partial charge < -0.3 is 19.5 Å². The Hall–Kier alpha value is -3.01. The number of hydrogen-bond donors (Lipinski definition) is 2. The molecule has 2 aliphatic heterocycles. The number of carbonyl (C=O) groups excluding carboxylic acids is 1. The standard InChI is InChI=1S/C21H20N4O4S/c26-21(23-13-5-2-1-3-6-13)29-16-12-28-18-15(11-27-19(16)18)25-20-22-9-8-14(24-20)17-7-4-10-30-17/h1-10,15-16,18-19H,11-12H2,(H,23,26)(H,22,24,25). The van der Waals surface area contributed by atoms with Crippen molar-refractivity contribution in [3.63, 3.8) is 0 Å². The number of amides is 1. The molecule has 4 atom stereocenters. The first-order chi connectivity index (χ1) is 14.8. The molecule has 30 heavy (non-hydrogen) atoms. The van der Waals surface area contributed by atoms with Gasteiger partial charge in [-0.05, 0) is 29.6 Å². The number of nitrogens with zero attached hydrogens (tertiary/aromatic N) is 2. The van der Waals surface area contributed by atoms with Gasteiger partial charge in [-0.15, -0.1) is 11.3 Å². The van der Waals surface area contributed by atoms with E-state index in [9.17, 15) is 4.79 Å². The lowest BCUT2D eigenvalue weighted by Gasteiger charge is -2.18. The average Bonchev–Trinajstić information content (AvgIpc) is 3.50. The van der Waals surface area contributed by atoms with Crippen LogP contribution in [0.2, 0.25) is 0 Å². The number of benzene rings is 1. The van der Waals surface area contributed by atoms with E-state index < -0.39 is 12.2 Å². The van der Waals surface area contributed by atoms with Crippen LogP contribution in [-0.2, 0) is 14.2 Å². The first kappa shape index (κ1) is 19.0. The predicted molar refractivity (Wildman–Crippen MR) is 113 cm³/mol. The van der Waals surface area contributed by atoms with Crippen LogP contribution in [0.1, 0.15) is 0 Å². The van der Waals surface area contributed by atoms with Crippen molar-refractivity contribution in [2.24, 2.45) is 0 Å². The highest BCUT2D eigenvalue weighted by molar-refractivity contribution is 7.13. The van der Waals surface area contributed by atoms with Gasteiger partial charge in [0.25, 0.3) is 0 Å². The zero-order valence-corrected chi connectivity index (χ0v) is 16.7. The first-order valence-corrected chi connectivity index (χ1v) is 10.5. The Balaban J connectivity index is 1.20. The summed E-state index contributed by atoms with van der Waals surface area (Å²) in [6, 6.07) is 14.9. The summed E-state index contributed by atoms with van der Waals surface area (Å²) in [4.78, 5) is 22.2. The Labute approximate surface area is 177 Å². The molecule has 2 saturated heterocycles. The van der Waals surface area contributed by atoms with Gasteiger partial charge in [0.2, 0.25) is 5.95 Å². The highest BCUT2D eigenvalue weighted by Gasteiger charge is 2.49. The summed E-state index contributed by atoms with van der Waals surface area (Å²) < 4.78 is 17.3. The number of fused-ring (bicyclic) bond motifs is 1.